The van der Waals surface area contributed by atoms with Crippen LogP contribution in [0.1, 0.15) is 55.1 Å². The van der Waals surface area contributed by atoms with E-state index >= 15 is 0 Å². The summed E-state index contributed by atoms with van der Waals surface area (Å²) in [7, 11) is 0. The highest BCUT2D eigenvalue weighted by Crippen LogP contribution is 2.35. The van der Waals surface area contributed by atoms with Gasteiger partial charge < -0.3 is 14.8 Å². The molecule has 1 atom stereocenters. The lowest BCUT2D eigenvalue weighted by molar-refractivity contribution is -0.134. The molecule has 3 aromatic rings. The number of fused-ring (bicyclic) bond motifs is 3. The summed E-state index contributed by atoms with van der Waals surface area (Å²) in [6.45, 7) is 2.71. The fraction of sp³-hybridized carbons (Fsp3) is 0.417. The number of amides is 2. The fourth-order valence-electron chi connectivity index (χ4n) is 4.88. The third-order valence-corrected chi connectivity index (χ3v) is 7.84. The molecule has 0 unspecified atom stereocenters. The zero-order chi connectivity index (χ0) is 21.6. The lowest BCUT2D eigenvalue weighted by Gasteiger charge is -2.45. The van der Waals surface area contributed by atoms with Crippen LogP contribution >= 0.6 is 22.9 Å². The first kappa shape index (κ1) is 20.6. The number of thiophene rings is 1. The second kappa shape index (κ2) is 7.99. The molecule has 1 aliphatic heterocycles. The van der Waals surface area contributed by atoms with Crippen molar-refractivity contribution in [3.8, 4) is 0 Å². The van der Waals surface area contributed by atoms with E-state index in [1.165, 1.54) is 6.42 Å². The number of hydrogen-bond donors (Lipinski definition) is 1. The minimum absolute atomic E-state index is 0.0653. The number of benzene rings is 1. The van der Waals surface area contributed by atoms with Gasteiger partial charge in [0, 0.05) is 17.6 Å². The predicted octanol–water partition coefficient (Wildman–Crippen LogP) is 5.22. The first-order chi connectivity index (χ1) is 15.0. The number of nitrogens with zero attached hydrogens (tertiary/aromatic N) is 2. The van der Waals surface area contributed by atoms with E-state index in [0.717, 1.165) is 41.5 Å². The molecule has 0 spiro atoms. The molecule has 0 bridgehead atoms. The second-order valence-electron chi connectivity index (χ2n) is 8.89. The van der Waals surface area contributed by atoms with Crippen LogP contribution < -0.4 is 5.32 Å². The van der Waals surface area contributed by atoms with Crippen molar-refractivity contribution in [3.63, 3.8) is 0 Å². The van der Waals surface area contributed by atoms with E-state index < -0.39 is 5.54 Å². The minimum Gasteiger partial charge on any atom is -0.351 e. The van der Waals surface area contributed by atoms with E-state index in [4.69, 9.17) is 11.6 Å². The molecule has 7 heteroatoms. The molecule has 1 N–H and O–H groups in total. The van der Waals surface area contributed by atoms with Crippen molar-refractivity contribution in [3.05, 3.63) is 58.1 Å². The first-order valence-electron chi connectivity index (χ1n) is 10.9. The molecule has 0 saturated heterocycles. The normalized spacial score (nSPS) is 22.0. The summed E-state index contributed by atoms with van der Waals surface area (Å²) in [5, 5.41) is 5.96. The van der Waals surface area contributed by atoms with Crippen molar-refractivity contribution < 1.29 is 9.59 Å². The van der Waals surface area contributed by atoms with Gasteiger partial charge in [0.15, 0.2) is 0 Å². The van der Waals surface area contributed by atoms with Gasteiger partial charge in [0.05, 0.1) is 16.8 Å². The Morgan fingerprint density at radius 2 is 1.94 bits per heavy atom. The molecular formula is C24H26ClN3O2S. The van der Waals surface area contributed by atoms with Crippen LogP contribution in [0.3, 0.4) is 0 Å². The SMILES string of the molecule is C[C@]1(C(=O)NC2CCCCC2)Cn2c(cc3sccc32)C(=O)N1Cc1ccc(Cl)cc1. The van der Waals surface area contributed by atoms with Gasteiger partial charge in [0.1, 0.15) is 11.2 Å². The lowest BCUT2D eigenvalue weighted by atomic mass is 9.91. The van der Waals surface area contributed by atoms with Crippen molar-refractivity contribution in [2.24, 2.45) is 0 Å². The van der Waals surface area contributed by atoms with Crippen LogP contribution in [-0.2, 0) is 17.9 Å². The largest absolute Gasteiger partial charge is 0.351 e. The van der Waals surface area contributed by atoms with E-state index in [0.29, 0.717) is 23.8 Å². The first-order valence-corrected chi connectivity index (χ1v) is 12.2. The number of rotatable bonds is 4. The number of hydrogen-bond acceptors (Lipinski definition) is 3. The average molecular weight is 456 g/mol. The molecule has 3 heterocycles. The number of nitrogens with one attached hydrogen (secondary N) is 1. The van der Waals surface area contributed by atoms with Gasteiger partial charge in [-0.15, -0.1) is 11.3 Å². The number of carbonyl (C=O) groups is 2. The molecule has 2 aromatic heterocycles. The molecule has 1 fully saturated rings. The average Bonchev–Trinajstić information content (AvgIpc) is 3.36. The number of aromatic nitrogens is 1. The summed E-state index contributed by atoms with van der Waals surface area (Å²) < 4.78 is 3.10. The van der Waals surface area contributed by atoms with E-state index in [1.807, 2.05) is 53.3 Å². The maximum atomic E-state index is 13.7. The Balaban J connectivity index is 1.52. The van der Waals surface area contributed by atoms with Crippen molar-refractivity contribution in [2.75, 3.05) is 0 Å². The Hall–Kier alpha value is -2.31. The van der Waals surface area contributed by atoms with Gasteiger partial charge in [-0.2, -0.15) is 0 Å². The van der Waals surface area contributed by atoms with E-state index in [9.17, 15) is 9.59 Å². The zero-order valence-corrected chi connectivity index (χ0v) is 19.1. The smallest absolute Gasteiger partial charge is 0.271 e. The van der Waals surface area contributed by atoms with Gasteiger partial charge in [0.25, 0.3) is 5.91 Å². The minimum atomic E-state index is -0.977. The van der Waals surface area contributed by atoms with E-state index in [-0.39, 0.29) is 17.9 Å². The summed E-state index contributed by atoms with van der Waals surface area (Å²) in [4.78, 5) is 29.1. The van der Waals surface area contributed by atoms with Crippen molar-refractivity contribution >= 4 is 45.0 Å². The van der Waals surface area contributed by atoms with Crippen LogP contribution in [0, 0.1) is 0 Å². The quantitative estimate of drug-likeness (QED) is 0.586. The summed E-state index contributed by atoms with van der Waals surface area (Å²) in [5.74, 6) is -0.171. The van der Waals surface area contributed by atoms with Gasteiger partial charge >= 0.3 is 0 Å². The van der Waals surface area contributed by atoms with Crippen LogP contribution in [0.25, 0.3) is 10.2 Å². The van der Waals surface area contributed by atoms with Gasteiger partial charge in [-0.3, -0.25) is 9.59 Å². The van der Waals surface area contributed by atoms with E-state index in [2.05, 4.69) is 5.32 Å². The van der Waals surface area contributed by atoms with Gasteiger partial charge in [-0.1, -0.05) is 43.0 Å². The highest BCUT2D eigenvalue weighted by molar-refractivity contribution is 7.17. The Bertz CT molecular complexity index is 1130. The zero-order valence-electron chi connectivity index (χ0n) is 17.6. The lowest BCUT2D eigenvalue weighted by Crippen LogP contribution is -2.64. The molecule has 1 saturated carbocycles. The molecule has 162 valence electrons. The second-order valence-corrected chi connectivity index (χ2v) is 10.3. The monoisotopic (exact) mass is 455 g/mol. The molecule has 2 amide bonds. The van der Waals surface area contributed by atoms with Crippen molar-refractivity contribution in [2.45, 2.75) is 63.7 Å². The van der Waals surface area contributed by atoms with Gasteiger partial charge in [-0.25, -0.2) is 0 Å². The molecule has 1 aromatic carbocycles. The Kier molecular flexibility index (Phi) is 5.30. The third-order valence-electron chi connectivity index (χ3n) is 6.73. The van der Waals surface area contributed by atoms with Crippen LogP contribution in [0.15, 0.2) is 41.8 Å². The van der Waals surface area contributed by atoms with Crippen LogP contribution in [0.4, 0.5) is 0 Å². The maximum absolute atomic E-state index is 13.7. The predicted molar refractivity (Wildman–Crippen MR) is 125 cm³/mol. The summed E-state index contributed by atoms with van der Waals surface area (Å²) >= 11 is 7.67. The maximum Gasteiger partial charge on any atom is 0.271 e. The van der Waals surface area contributed by atoms with Crippen LogP contribution in [0.2, 0.25) is 5.02 Å². The number of carbonyl (C=O) groups excluding carboxylic acids is 2. The molecule has 0 radical (unpaired) electrons. The summed E-state index contributed by atoms with van der Waals surface area (Å²) in [6.07, 6.45) is 5.54. The molecule has 5 rings (SSSR count). The molecule has 31 heavy (non-hydrogen) atoms. The molecule has 2 aliphatic rings. The van der Waals surface area contributed by atoms with Crippen LogP contribution in [-0.4, -0.2) is 32.9 Å². The Labute approximate surface area is 191 Å². The standard InChI is InChI=1S/C24H26ClN3O2S/c1-24(23(30)26-18-5-3-2-4-6-18)15-27-19-11-12-31-21(19)13-20(27)22(29)28(24)14-16-7-9-17(25)10-8-16/h7-13,18H,2-6,14-15H2,1H3,(H,26,30)/t24-/m1/s1. The molecule has 1 aliphatic carbocycles. The van der Waals surface area contributed by atoms with Gasteiger partial charge in [0.2, 0.25) is 5.91 Å². The Morgan fingerprint density at radius 3 is 2.68 bits per heavy atom. The molecule has 5 nitrogen and oxygen atoms in total. The topological polar surface area (TPSA) is 54.3 Å². The number of halogens is 1. The van der Waals surface area contributed by atoms with Crippen molar-refractivity contribution in [1.29, 1.82) is 0 Å². The highest BCUT2D eigenvalue weighted by atomic mass is 35.5. The van der Waals surface area contributed by atoms with E-state index in [1.54, 1.807) is 16.2 Å². The fourth-order valence-corrected chi connectivity index (χ4v) is 5.83. The molecular weight excluding hydrogens is 430 g/mol. The Morgan fingerprint density at radius 1 is 1.19 bits per heavy atom. The third kappa shape index (κ3) is 3.66. The van der Waals surface area contributed by atoms with Crippen LogP contribution in [0.5, 0.6) is 0 Å². The summed E-state index contributed by atoms with van der Waals surface area (Å²) in [5.41, 5.74) is 1.65. The highest BCUT2D eigenvalue weighted by Gasteiger charge is 2.48. The van der Waals surface area contributed by atoms with Gasteiger partial charge in [-0.05, 0) is 55.0 Å². The van der Waals surface area contributed by atoms with Crippen molar-refractivity contribution in [1.82, 2.24) is 14.8 Å². The summed E-state index contributed by atoms with van der Waals surface area (Å²) in [6, 6.07) is 11.7.